The summed E-state index contributed by atoms with van der Waals surface area (Å²) in [4.78, 5) is 32.1. The molecule has 2 rings (SSSR count). The Balaban J connectivity index is 1.57. The summed E-state index contributed by atoms with van der Waals surface area (Å²) in [5.41, 5.74) is 12.3. The largest absolute Gasteiger partial charge is 0.497 e. The summed E-state index contributed by atoms with van der Waals surface area (Å²) >= 11 is 5.83. The third-order valence-corrected chi connectivity index (χ3v) is 5.96. The van der Waals surface area contributed by atoms with E-state index < -0.39 is 5.91 Å². The van der Waals surface area contributed by atoms with E-state index >= 15 is 0 Å². The first kappa shape index (κ1) is 28.1. The number of nitrogens with zero attached hydrogens (tertiary/aromatic N) is 3. The van der Waals surface area contributed by atoms with Crippen molar-refractivity contribution >= 4 is 35.1 Å². The number of benzene rings is 1. The van der Waals surface area contributed by atoms with E-state index in [-0.39, 0.29) is 28.4 Å². The average molecular weight is 507 g/mol. The fraction of sp³-hybridized carbons (Fsp3) is 0.500. The molecule has 0 aliphatic carbocycles. The molecular weight excluding hydrogens is 470 g/mol. The number of aryl methyl sites for hydroxylation is 1. The van der Waals surface area contributed by atoms with Gasteiger partial charge in [-0.05, 0) is 43.4 Å². The van der Waals surface area contributed by atoms with E-state index in [1.165, 1.54) is 0 Å². The molecule has 0 bridgehead atoms. The van der Waals surface area contributed by atoms with Crippen molar-refractivity contribution in [3.8, 4) is 5.75 Å². The van der Waals surface area contributed by atoms with Crippen molar-refractivity contribution in [2.75, 3.05) is 58.9 Å². The van der Waals surface area contributed by atoms with Crippen molar-refractivity contribution < 1.29 is 18.8 Å². The second kappa shape index (κ2) is 13.7. The molecule has 2 aromatic rings. The maximum atomic E-state index is 12.3. The van der Waals surface area contributed by atoms with Gasteiger partial charge in [0.25, 0.3) is 5.91 Å². The summed E-state index contributed by atoms with van der Waals surface area (Å²) in [5.74, 6) is 0.394. The zero-order chi connectivity index (χ0) is 25.8. The van der Waals surface area contributed by atoms with Crippen molar-refractivity contribution in [2.24, 2.45) is 0 Å². The summed E-state index contributed by atoms with van der Waals surface area (Å²) in [6.45, 7) is 2.83. The molecule has 0 aliphatic heterocycles. The number of aromatic nitrogens is 2. The summed E-state index contributed by atoms with van der Waals surface area (Å²) in [7, 11) is 5.86. The number of nitrogens with two attached hydrogens (primary N) is 2. The molecule has 0 spiro atoms. The van der Waals surface area contributed by atoms with Crippen LogP contribution in [0.1, 0.15) is 41.7 Å². The topological polar surface area (TPSA) is 145 Å². The predicted molar refractivity (Wildman–Crippen MR) is 138 cm³/mol. The van der Waals surface area contributed by atoms with Gasteiger partial charge in [-0.3, -0.25) is 9.59 Å². The molecule has 10 nitrogen and oxygen atoms in total. The molecule has 6 N–H and O–H groups in total. The van der Waals surface area contributed by atoms with Crippen molar-refractivity contribution in [3.63, 3.8) is 0 Å². The molecule has 1 heterocycles. The van der Waals surface area contributed by atoms with Crippen LogP contribution >= 0.6 is 11.6 Å². The minimum absolute atomic E-state index is 0.00774. The highest BCUT2D eigenvalue weighted by Crippen LogP contribution is 2.17. The van der Waals surface area contributed by atoms with Crippen LogP contribution in [0.4, 0.5) is 11.6 Å². The van der Waals surface area contributed by atoms with Crippen LogP contribution in [0.3, 0.4) is 0 Å². The molecule has 1 aromatic carbocycles. The number of ether oxygens (including phenoxy) is 1. The van der Waals surface area contributed by atoms with E-state index in [2.05, 4.69) is 34.7 Å². The molecular formula is C24H37ClN7O3+. The Morgan fingerprint density at radius 2 is 1.69 bits per heavy atom. The third kappa shape index (κ3) is 9.96. The Labute approximate surface area is 212 Å². The van der Waals surface area contributed by atoms with Gasteiger partial charge in [-0.2, -0.15) is 0 Å². The zero-order valence-electron chi connectivity index (χ0n) is 20.8. The van der Waals surface area contributed by atoms with Gasteiger partial charge in [-0.1, -0.05) is 23.7 Å². The van der Waals surface area contributed by atoms with Crippen LogP contribution in [-0.4, -0.2) is 73.6 Å². The Kier molecular flexibility index (Phi) is 11.0. The number of carbonyl (C=O) groups excluding carboxylic acids is 2. The minimum atomic E-state index is -0.431. The number of nitrogens with one attached hydrogen (secondary N) is 2. The first-order valence-corrected chi connectivity index (χ1v) is 12.1. The van der Waals surface area contributed by atoms with Crippen LogP contribution in [0.25, 0.3) is 0 Å². The minimum Gasteiger partial charge on any atom is -0.497 e. The number of nitrogen functional groups attached to an aromatic ring is 2. The second-order valence-electron chi connectivity index (χ2n) is 9.03. The molecule has 0 radical (unpaired) electrons. The molecule has 1 aromatic heterocycles. The van der Waals surface area contributed by atoms with Gasteiger partial charge in [0.2, 0.25) is 5.91 Å². The molecule has 35 heavy (non-hydrogen) atoms. The second-order valence-corrected chi connectivity index (χ2v) is 9.39. The first-order chi connectivity index (χ1) is 16.6. The standard InChI is InChI=1S/C24H36ClN7O3/c1-32(2,16-14-29-24(34)20-22(26)31-23(27)21(25)30-20)15-6-4-5-13-28-19(33)12-9-17-7-10-18(35-3)11-8-17/h7-8,10-11H,4-6,9,12-16H2,1-3H3,(H5-,26,27,28,29,31,33,34)/p+1. The number of halogens is 1. The number of anilines is 2. The number of likely N-dealkylation sites (N-methyl/N-ethyl adjacent to an activating group) is 1. The predicted octanol–water partition coefficient (Wildman–Crippen LogP) is 2.03. The Bertz CT molecular complexity index is 984. The van der Waals surface area contributed by atoms with Gasteiger partial charge in [0.1, 0.15) is 5.75 Å². The Hall–Kier alpha value is -3.11. The maximum absolute atomic E-state index is 12.3. The highest BCUT2D eigenvalue weighted by molar-refractivity contribution is 6.31. The Morgan fingerprint density at radius 3 is 2.37 bits per heavy atom. The van der Waals surface area contributed by atoms with Crippen LogP contribution in [-0.2, 0) is 11.2 Å². The van der Waals surface area contributed by atoms with Crippen LogP contribution in [0.5, 0.6) is 5.75 Å². The lowest BCUT2D eigenvalue weighted by atomic mass is 10.1. The van der Waals surface area contributed by atoms with E-state index in [9.17, 15) is 9.59 Å². The highest BCUT2D eigenvalue weighted by atomic mass is 35.5. The number of amides is 2. The summed E-state index contributed by atoms with van der Waals surface area (Å²) in [5, 5.41) is 5.75. The zero-order valence-corrected chi connectivity index (χ0v) is 21.5. The normalized spacial score (nSPS) is 11.2. The smallest absolute Gasteiger partial charge is 0.273 e. The van der Waals surface area contributed by atoms with Crippen LogP contribution in [0.2, 0.25) is 5.15 Å². The van der Waals surface area contributed by atoms with Gasteiger partial charge in [0.15, 0.2) is 22.5 Å². The fourth-order valence-corrected chi connectivity index (χ4v) is 3.61. The molecule has 0 saturated heterocycles. The molecule has 0 unspecified atom stereocenters. The summed E-state index contributed by atoms with van der Waals surface area (Å²) in [6.07, 6.45) is 4.16. The average Bonchev–Trinajstić information content (AvgIpc) is 2.82. The van der Waals surface area contributed by atoms with E-state index in [1.807, 2.05) is 24.3 Å². The SMILES string of the molecule is COc1ccc(CCC(=O)NCCCCC[N+](C)(C)CCNC(=O)c2nc(Cl)c(N)nc2N)cc1. The number of hydrogen-bond acceptors (Lipinski definition) is 7. The van der Waals surface area contributed by atoms with Gasteiger partial charge in [0.05, 0.1) is 40.8 Å². The monoisotopic (exact) mass is 506 g/mol. The fourth-order valence-electron chi connectivity index (χ4n) is 3.48. The quantitative estimate of drug-likeness (QED) is 0.226. The molecule has 0 saturated carbocycles. The van der Waals surface area contributed by atoms with Crippen molar-refractivity contribution in [2.45, 2.75) is 32.1 Å². The lowest BCUT2D eigenvalue weighted by molar-refractivity contribution is -0.889. The number of hydrogen-bond donors (Lipinski definition) is 4. The van der Waals surface area contributed by atoms with Gasteiger partial charge >= 0.3 is 0 Å². The van der Waals surface area contributed by atoms with Gasteiger partial charge in [0, 0.05) is 13.0 Å². The summed E-state index contributed by atoms with van der Waals surface area (Å²) in [6, 6.07) is 7.77. The lowest BCUT2D eigenvalue weighted by Crippen LogP contribution is -2.46. The van der Waals surface area contributed by atoms with Gasteiger partial charge in [-0.15, -0.1) is 0 Å². The number of methoxy groups -OCH3 is 1. The number of unbranched alkanes of at least 4 members (excludes halogenated alkanes) is 2. The lowest BCUT2D eigenvalue weighted by Gasteiger charge is -2.30. The number of carbonyl (C=O) groups is 2. The maximum Gasteiger partial charge on any atom is 0.273 e. The van der Waals surface area contributed by atoms with E-state index in [0.717, 1.165) is 48.1 Å². The molecule has 2 amide bonds. The molecule has 0 aliphatic rings. The number of quaternary nitrogens is 1. The Morgan fingerprint density at radius 1 is 0.971 bits per heavy atom. The van der Waals surface area contributed by atoms with Crippen LogP contribution in [0.15, 0.2) is 24.3 Å². The van der Waals surface area contributed by atoms with E-state index in [4.69, 9.17) is 27.8 Å². The van der Waals surface area contributed by atoms with Gasteiger partial charge < -0.3 is 31.3 Å². The van der Waals surface area contributed by atoms with E-state index in [0.29, 0.717) is 25.9 Å². The molecule has 192 valence electrons. The van der Waals surface area contributed by atoms with Gasteiger partial charge in [-0.25, -0.2) is 9.97 Å². The van der Waals surface area contributed by atoms with Crippen LogP contribution in [0, 0.1) is 0 Å². The van der Waals surface area contributed by atoms with Crippen LogP contribution < -0.4 is 26.8 Å². The highest BCUT2D eigenvalue weighted by Gasteiger charge is 2.18. The number of rotatable bonds is 14. The summed E-state index contributed by atoms with van der Waals surface area (Å²) < 4.78 is 5.89. The van der Waals surface area contributed by atoms with Crippen molar-refractivity contribution in [1.82, 2.24) is 20.6 Å². The molecule has 11 heteroatoms. The van der Waals surface area contributed by atoms with Crippen molar-refractivity contribution in [1.29, 1.82) is 0 Å². The first-order valence-electron chi connectivity index (χ1n) is 11.7. The van der Waals surface area contributed by atoms with E-state index in [1.54, 1.807) is 7.11 Å². The third-order valence-electron chi connectivity index (χ3n) is 5.68. The van der Waals surface area contributed by atoms with Crippen molar-refractivity contribution in [3.05, 3.63) is 40.7 Å². The molecule has 0 fully saturated rings. The molecule has 0 atom stereocenters.